The van der Waals surface area contributed by atoms with Gasteiger partial charge in [-0.15, -0.1) is 0 Å². The predicted octanol–water partition coefficient (Wildman–Crippen LogP) is 15.7. The molecule has 0 aliphatic heterocycles. The van der Waals surface area contributed by atoms with Crippen LogP contribution < -0.4 is 4.90 Å². The summed E-state index contributed by atoms with van der Waals surface area (Å²) in [6.07, 6.45) is 0. The Morgan fingerprint density at radius 2 is 0.733 bits per heavy atom. The minimum absolute atomic E-state index is 0.433. The highest BCUT2D eigenvalue weighted by molar-refractivity contribution is 5.97. The standard InChI is InChI=1S/C59H41N/c1-4-20-48(21-5-1)59(49-22-6-2-7-23-49)57-29-13-12-27-55(57)56-39-34-46(41-58(56)59)43-32-37-52(38-33-43)60(50-24-8-3-9-25-50)51-35-30-42(31-36-51)45-18-14-19-47(40-45)54-28-15-17-44-16-10-11-26-53(44)54/h1-41H. The molecule has 282 valence electrons. The molecule has 0 amide bonds. The molecule has 0 saturated carbocycles. The Morgan fingerprint density at radius 3 is 1.42 bits per heavy atom. The quantitative estimate of drug-likeness (QED) is 0.149. The molecule has 0 saturated heterocycles. The van der Waals surface area contributed by atoms with Crippen LogP contribution in [0.5, 0.6) is 0 Å². The SMILES string of the molecule is c1ccc(N(c2ccc(-c3cccc(-c4cccc5ccccc45)c3)cc2)c2ccc(-c3ccc4c(c3)C(c3ccccc3)(c3ccccc3)c3ccccc3-4)cc2)cc1. The van der Waals surface area contributed by atoms with Gasteiger partial charge in [-0.25, -0.2) is 0 Å². The van der Waals surface area contributed by atoms with Crippen LogP contribution >= 0.6 is 0 Å². The third-order valence-corrected chi connectivity index (χ3v) is 12.4. The van der Waals surface area contributed by atoms with Gasteiger partial charge in [-0.2, -0.15) is 0 Å². The molecule has 0 aromatic heterocycles. The maximum atomic E-state index is 2.44. The average Bonchev–Trinajstić information content (AvgIpc) is 3.63. The van der Waals surface area contributed by atoms with Gasteiger partial charge in [0, 0.05) is 17.1 Å². The molecule has 1 aliphatic rings. The highest BCUT2D eigenvalue weighted by atomic mass is 15.1. The lowest BCUT2D eigenvalue weighted by Crippen LogP contribution is -2.28. The number of para-hydroxylation sites is 1. The Bertz CT molecular complexity index is 3070. The Balaban J connectivity index is 0.957. The van der Waals surface area contributed by atoms with Crippen molar-refractivity contribution in [3.8, 4) is 44.5 Å². The van der Waals surface area contributed by atoms with E-state index in [1.807, 2.05) is 0 Å². The lowest BCUT2D eigenvalue weighted by atomic mass is 9.67. The maximum Gasteiger partial charge on any atom is 0.0713 e. The van der Waals surface area contributed by atoms with E-state index in [9.17, 15) is 0 Å². The number of nitrogens with zero attached hydrogens (tertiary/aromatic N) is 1. The topological polar surface area (TPSA) is 3.24 Å². The van der Waals surface area contributed by atoms with Crippen LogP contribution in [0, 0.1) is 0 Å². The zero-order valence-corrected chi connectivity index (χ0v) is 33.1. The molecule has 0 heterocycles. The summed E-state index contributed by atoms with van der Waals surface area (Å²) >= 11 is 0. The van der Waals surface area contributed by atoms with E-state index in [1.165, 1.54) is 77.5 Å². The molecule has 0 spiro atoms. The maximum absolute atomic E-state index is 2.44. The van der Waals surface area contributed by atoms with Gasteiger partial charge in [0.15, 0.2) is 0 Å². The van der Waals surface area contributed by atoms with Crippen LogP contribution in [-0.4, -0.2) is 0 Å². The number of rotatable bonds is 8. The van der Waals surface area contributed by atoms with Crippen LogP contribution in [0.4, 0.5) is 17.1 Å². The summed E-state index contributed by atoms with van der Waals surface area (Å²) < 4.78 is 0. The summed E-state index contributed by atoms with van der Waals surface area (Å²) in [5.41, 5.74) is 17.9. The number of hydrogen-bond donors (Lipinski definition) is 0. The van der Waals surface area contributed by atoms with Crippen molar-refractivity contribution in [2.24, 2.45) is 0 Å². The largest absolute Gasteiger partial charge is 0.311 e. The van der Waals surface area contributed by atoms with Crippen LogP contribution in [0.2, 0.25) is 0 Å². The van der Waals surface area contributed by atoms with E-state index in [4.69, 9.17) is 0 Å². The second-order valence-electron chi connectivity index (χ2n) is 15.7. The van der Waals surface area contributed by atoms with E-state index in [-0.39, 0.29) is 0 Å². The van der Waals surface area contributed by atoms with Crippen molar-refractivity contribution in [1.29, 1.82) is 0 Å². The molecule has 0 fully saturated rings. The Kier molecular flexibility index (Phi) is 8.79. The number of hydrogen-bond acceptors (Lipinski definition) is 1. The summed E-state index contributed by atoms with van der Waals surface area (Å²) in [7, 11) is 0. The van der Waals surface area contributed by atoms with Crippen LogP contribution in [0.3, 0.4) is 0 Å². The summed E-state index contributed by atoms with van der Waals surface area (Å²) in [6.45, 7) is 0. The van der Waals surface area contributed by atoms with Gasteiger partial charge in [-0.1, -0.05) is 200 Å². The van der Waals surface area contributed by atoms with Gasteiger partial charge >= 0.3 is 0 Å². The Labute approximate surface area is 352 Å². The first-order valence-electron chi connectivity index (χ1n) is 20.8. The van der Waals surface area contributed by atoms with Gasteiger partial charge in [0.25, 0.3) is 0 Å². The van der Waals surface area contributed by atoms with Crippen LogP contribution in [0.1, 0.15) is 22.3 Å². The highest BCUT2D eigenvalue weighted by Crippen LogP contribution is 2.56. The van der Waals surface area contributed by atoms with Gasteiger partial charge < -0.3 is 4.90 Å². The molecule has 0 unspecified atom stereocenters. The molecule has 11 rings (SSSR count). The van der Waals surface area contributed by atoms with Crippen molar-refractivity contribution < 1.29 is 0 Å². The fourth-order valence-corrected chi connectivity index (χ4v) is 9.60. The van der Waals surface area contributed by atoms with Gasteiger partial charge in [-0.3, -0.25) is 0 Å². The van der Waals surface area contributed by atoms with E-state index >= 15 is 0 Å². The van der Waals surface area contributed by atoms with Crippen molar-refractivity contribution in [2.45, 2.75) is 5.41 Å². The zero-order chi connectivity index (χ0) is 39.9. The summed E-state index contributed by atoms with van der Waals surface area (Å²) in [6, 6.07) is 90.8. The van der Waals surface area contributed by atoms with Crippen molar-refractivity contribution in [3.63, 3.8) is 0 Å². The molecule has 1 aliphatic carbocycles. The third-order valence-electron chi connectivity index (χ3n) is 12.4. The Morgan fingerprint density at radius 1 is 0.267 bits per heavy atom. The fraction of sp³-hybridized carbons (Fsp3) is 0.0169. The normalized spacial score (nSPS) is 12.5. The molecule has 0 bridgehead atoms. The molecule has 10 aromatic rings. The first-order valence-corrected chi connectivity index (χ1v) is 20.8. The number of benzene rings is 10. The average molecular weight is 764 g/mol. The molecule has 60 heavy (non-hydrogen) atoms. The van der Waals surface area contributed by atoms with Gasteiger partial charge in [0.1, 0.15) is 0 Å². The minimum atomic E-state index is -0.433. The van der Waals surface area contributed by atoms with Crippen molar-refractivity contribution in [2.75, 3.05) is 4.90 Å². The van der Waals surface area contributed by atoms with E-state index in [0.717, 1.165) is 17.1 Å². The molecule has 10 aromatic carbocycles. The lowest BCUT2D eigenvalue weighted by molar-refractivity contribution is 0.769. The fourth-order valence-electron chi connectivity index (χ4n) is 9.60. The lowest BCUT2D eigenvalue weighted by Gasteiger charge is -2.34. The molecule has 1 heteroatoms. The minimum Gasteiger partial charge on any atom is -0.311 e. The molecule has 0 atom stereocenters. The smallest absolute Gasteiger partial charge is 0.0713 e. The van der Waals surface area contributed by atoms with Crippen molar-refractivity contribution in [3.05, 3.63) is 271 Å². The monoisotopic (exact) mass is 763 g/mol. The van der Waals surface area contributed by atoms with Gasteiger partial charge in [0.2, 0.25) is 0 Å². The molecular weight excluding hydrogens is 723 g/mol. The van der Waals surface area contributed by atoms with Crippen molar-refractivity contribution >= 4 is 27.8 Å². The van der Waals surface area contributed by atoms with Gasteiger partial charge in [-0.05, 0) is 126 Å². The van der Waals surface area contributed by atoms with Crippen LogP contribution in [-0.2, 0) is 5.41 Å². The first-order chi connectivity index (χ1) is 29.8. The van der Waals surface area contributed by atoms with E-state index in [2.05, 4.69) is 254 Å². The van der Waals surface area contributed by atoms with Crippen LogP contribution in [0.25, 0.3) is 55.3 Å². The first kappa shape index (κ1) is 35.4. The second kappa shape index (κ2) is 14.9. The van der Waals surface area contributed by atoms with Gasteiger partial charge in [0.05, 0.1) is 5.41 Å². The zero-order valence-electron chi connectivity index (χ0n) is 33.1. The Hall–Kier alpha value is -7.74. The van der Waals surface area contributed by atoms with E-state index < -0.39 is 5.41 Å². The van der Waals surface area contributed by atoms with Crippen LogP contribution in [0.15, 0.2) is 249 Å². The van der Waals surface area contributed by atoms with Crippen molar-refractivity contribution in [1.82, 2.24) is 0 Å². The van der Waals surface area contributed by atoms with E-state index in [1.54, 1.807) is 0 Å². The molecule has 1 nitrogen and oxygen atoms in total. The molecule has 0 radical (unpaired) electrons. The molecule has 0 N–H and O–H groups in total. The number of fused-ring (bicyclic) bond motifs is 4. The summed E-state index contributed by atoms with van der Waals surface area (Å²) in [5, 5.41) is 2.52. The summed E-state index contributed by atoms with van der Waals surface area (Å²) in [4.78, 5) is 2.34. The highest BCUT2D eigenvalue weighted by Gasteiger charge is 2.46. The second-order valence-corrected chi connectivity index (χ2v) is 15.7. The third kappa shape index (κ3) is 5.94. The van der Waals surface area contributed by atoms with E-state index in [0.29, 0.717) is 0 Å². The molecular formula is C59H41N. The predicted molar refractivity (Wildman–Crippen MR) is 252 cm³/mol. The summed E-state index contributed by atoms with van der Waals surface area (Å²) in [5.74, 6) is 0. The number of anilines is 3.